The first-order valence-electron chi connectivity index (χ1n) is 8.18. The molecule has 3 N–H and O–H groups in total. The number of amides is 1. The second-order valence-corrected chi connectivity index (χ2v) is 6.02. The van der Waals surface area contributed by atoms with E-state index in [9.17, 15) is 4.79 Å². The number of nitrogens with two attached hydrogens (primary N) is 1. The number of benzene rings is 1. The highest BCUT2D eigenvalue weighted by Crippen LogP contribution is 2.30. The average molecular weight is 313 g/mol. The van der Waals surface area contributed by atoms with Gasteiger partial charge in [-0.15, -0.1) is 0 Å². The lowest BCUT2D eigenvalue weighted by Crippen LogP contribution is -2.42. The van der Waals surface area contributed by atoms with E-state index in [0.29, 0.717) is 5.92 Å². The van der Waals surface area contributed by atoms with Crippen molar-refractivity contribution in [2.75, 3.05) is 13.1 Å². The summed E-state index contributed by atoms with van der Waals surface area (Å²) in [4.78, 5) is 18.7. The molecule has 2 aromatic rings. The molecular weight excluding hydrogens is 290 g/mol. The van der Waals surface area contributed by atoms with Crippen LogP contribution in [0, 0.1) is 0 Å². The van der Waals surface area contributed by atoms with E-state index in [1.54, 1.807) is 0 Å². The molecule has 0 unspecified atom stereocenters. The molecule has 0 saturated carbocycles. The van der Waals surface area contributed by atoms with Gasteiger partial charge in [-0.3, -0.25) is 14.8 Å². The Morgan fingerprint density at radius 1 is 1.35 bits per heavy atom. The van der Waals surface area contributed by atoms with Crippen LogP contribution in [0.15, 0.2) is 30.3 Å². The molecule has 3 rings (SSSR count). The van der Waals surface area contributed by atoms with Crippen LogP contribution in [-0.2, 0) is 11.2 Å². The van der Waals surface area contributed by atoms with Gasteiger partial charge >= 0.3 is 0 Å². The quantitative estimate of drug-likeness (QED) is 0.880. The maximum absolute atomic E-state index is 11.9. The minimum atomic E-state index is -0.351. The maximum atomic E-state index is 11.9. The summed E-state index contributed by atoms with van der Waals surface area (Å²) in [6.07, 6.45) is 2.75. The number of nitrogens with one attached hydrogen (secondary N) is 1. The fraction of sp³-hybridized carbons (Fsp3) is 0.471. The average Bonchev–Trinajstić information content (AvgIpc) is 3.05. The summed E-state index contributed by atoms with van der Waals surface area (Å²) in [6.45, 7) is 3.70. The normalized spacial score (nSPS) is 18.0. The first kappa shape index (κ1) is 15.7. The van der Waals surface area contributed by atoms with E-state index in [4.69, 9.17) is 5.73 Å². The predicted octanol–water partition coefficient (Wildman–Crippen LogP) is 1.77. The minimum Gasteiger partial charge on any atom is -0.368 e. The van der Waals surface area contributed by atoms with Crippen LogP contribution >= 0.6 is 0 Å². The molecule has 1 aromatic carbocycles. The SMILES string of the molecule is CCc1nc(C2CCN([C@H](C(N)=O)c3ccccc3)CC2)n[nH]1. The first-order chi connectivity index (χ1) is 11.2. The third-order valence-corrected chi connectivity index (χ3v) is 4.53. The zero-order chi connectivity index (χ0) is 16.2. The molecule has 1 aliphatic rings. The number of aromatic amines is 1. The van der Waals surface area contributed by atoms with Crippen LogP contribution in [0.5, 0.6) is 0 Å². The van der Waals surface area contributed by atoms with Gasteiger partial charge in [-0.2, -0.15) is 5.10 Å². The Bertz CT molecular complexity index is 646. The number of likely N-dealkylation sites (tertiary alicyclic amines) is 1. The lowest BCUT2D eigenvalue weighted by atomic mass is 9.93. The van der Waals surface area contributed by atoms with Crippen molar-refractivity contribution in [1.82, 2.24) is 20.1 Å². The Morgan fingerprint density at radius 2 is 2.04 bits per heavy atom. The fourth-order valence-corrected chi connectivity index (χ4v) is 3.26. The number of carbonyl (C=O) groups is 1. The predicted molar refractivity (Wildman–Crippen MR) is 87.7 cm³/mol. The van der Waals surface area contributed by atoms with Crippen molar-refractivity contribution in [2.24, 2.45) is 5.73 Å². The van der Waals surface area contributed by atoms with Gasteiger partial charge in [-0.25, -0.2) is 4.98 Å². The Kier molecular flexibility index (Phi) is 4.71. The molecule has 0 radical (unpaired) electrons. The Hall–Kier alpha value is -2.21. The van der Waals surface area contributed by atoms with Gasteiger partial charge in [0.05, 0.1) is 0 Å². The largest absolute Gasteiger partial charge is 0.368 e. The molecule has 1 saturated heterocycles. The number of primary amides is 1. The van der Waals surface area contributed by atoms with Crippen molar-refractivity contribution in [3.8, 4) is 0 Å². The lowest BCUT2D eigenvalue weighted by Gasteiger charge is -2.35. The van der Waals surface area contributed by atoms with Gasteiger partial charge < -0.3 is 5.73 Å². The number of nitrogens with zero attached hydrogens (tertiary/aromatic N) is 3. The van der Waals surface area contributed by atoms with E-state index in [0.717, 1.165) is 49.6 Å². The Balaban J connectivity index is 1.68. The molecule has 0 bridgehead atoms. The molecule has 1 aromatic heterocycles. The third-order valence-electron chi connectivity index (χ3n) is 4.53. The molecular formula is C17H23N5O. The van der Waals surface area contributed by atoms with Gasteiger partial charge in [0, 0.05) is 12.3 Å². The van der Waals surface area contributed by atoms with Crippen LogP contribution in [-0.4, -0.2) is 39.1 Å². The number of rotatable bonds is 5. The van der Waals surface area contributed by atoms with Crippen LogP contribution in [0.2, 0.25) is 0 Å². The van der Waals surface area contributed by atoms with Crippen LogP contribution in [0.4, 0.5) is 0 Å². The molecule has 23 heavy (non-hydrogen) atoms. The molecule has 1 atom stereocenters. The molecule has 122 valence electrons. The van der Waals surface area contributed by atoms with Crippen LogP contribution < -0.4 is 5.73 Å². The van der Waals surface area contributed by atoms with E-state index >= 15 is 0 Å². The Morgan fingerprint density at radius 3 is 2.61 bits per heavy atom. The van der Waals surface area contributed by atoms with E-state index in [1.165, 1.54) is 0 Å². The fourth-order valence-electron chi connectivity index (χ4n) is 3.26. The zero-order valence-electron chi connectivity index (χ0n) is 13.4. The van der Waals surface area contributed by atoms with Crippen LogP contribution in [0.3, 0.4) is 0 Å². The van der Waals surface area contributed by atoms with Crippen LogP contribution in [0.1, 0.15) is 48.9 Å². The Labute approximate surface area is 136 Å². The lowest BCUT2D eigenvalue weighted by molar-refractivity contribution is -0.124. The highest BCUT2D eigenvalue weighted by molar-refractivity contribution is 5.81. The number of hydrogen-bond acceptors (Lipinski definition) is 4. The van der Waals surface area contributed by atoms with Crippen molar-refractivity contribution >= 4 is 5.91 Å². The highest BCUT2D eigenvalue weighted by atomic mass is 16.1. The maximum Gasteiger partial charge on any atom is 0.239 e. The second kappa shape index (κ2) is 6.91. The van der Waals surface area contributed by atoms with Gasteiger partial charge in [0.25, 0.3) is 0 Å². The number of aryl methyl sites for hydroxylation is 1. The summed E-state index contributed by atoms with van der Waals surface area (Å²) in [5, 5.41) is 7.31. The van der Waals surface area contributed by atoms with Crippen molar-refractivity contribution < 1.29 is 4.79 Å². The van der Waals surface area contributed by atoms with Crippen LogP contribution in [0.25, 0.3) is 0 Å². The number of carbonyl (C=O) groups excluding carboxylic acids is 1. The molecule has 1 aliphatic heterocycles. The van der Waals surface area contributed by atoms with Gasteiger partial charge in [0.15, 0.2) is 5.82 Å². The monoisotopic (exact) mass is 313 g/mol. The molecule has 1 amide bonds. The highest BCUT2D eigenvalue weighted by Gasteiger charge is 2.31. The van der Waals surface area contributed by atoms with Gasteiger partial charge in [0.1, 0.15) is 11.9 Å². The summed E-state index contributed by atoms with van der Waals surface area (Å²) in [6, 6.07) is 9.41. The molecule has 0 spiro atoms. The first-order valence-corrected chi connectivity index (χ1v) is 8.18. The summed E-state index contributed by atoms with van der Waals surface area (Å²) in [5.41, 5.74) is 6.62. The summed E-state index contributed by atoms with van der Waals surface area (Å²) < 4.78 is 0. The molecule has 6 heteroatoms. The van der Waals surface area contributed by atoms with Crippen molar-refractivity contribution in [2.45, 2.75) is 38.1 Å². The van der Waals surface area contributed by atoms with E-state index in [2.05, 4.69) is 27.0 Å². The zero-order valence-corrected chi connectivity index (χ0v) is 13.4. The number of piperidine rings is 1. The number of hydrogen-bond donors (Lipinski definition) is 2. The summed E-state index contributed by atoms with van der Waals surface area (Å²) >= 11 is 0. The van der Waals surface area contributed by atoms with Gasteiger partial charge in [0.2, 0.25) is 5.91 Å². The third kappa shape index (κ3) is 3.42. The minimum absolute atomic E-state index is 0.291. The van der Waals surface area contributed by atoms with Crippen molar-refractivity contribution in [3.05, 3.63) is 47.5 Å². The molecule has 6 nitrogen and oxygen atoms in total. The summed E-state index contributed by atoms with van der Waals surface area (Å²) in [5.74, 6) is 1.89. The topological polar surface area (TPSA) is 87.9 Å². The number of H-pyrrole nitrogens is 1. The van der Waals surface area contributed by atoms with Gasteiger partial charge in [-0.05, 0) is 31.5 Å². The molecule has 2 heterocycles. The van der Waals surface area contributed by atoms with Crippen molar-refractivity contribution in [1.29, 1.82) is 0 Å². The molecule has 0 aliphatic carbocycles. The number of aromatic nitrogens is 3. The standard InChI is InChI=1S/C17H23N5O/c1-2-14-19-17(21-20-14)13-8-10-22(11-9-13)15(16(18)23)12-6-4-3-5-7-12/h3-7,13,15H,2,8-11H2,1H3,(H2,18,23)(H,19,20,21)/t15-/m0/s1. The van der Waals surface area contributed by atoms with E-state index in [-0.39, 0.29) is 11.9 Å². The van der Waals surface area contributed by atoms with E-state index in [1.807, 2.05) is 30.3 Å². The van der Waals surface area contributed by atoms with Gasteiger partial charge in [-0.1, -0.05) is 37.3 Å². The smallest absolute Gasteiger partial charge is 0.239 e. The second-order valence-electron chi connectivity index (χ2n) is 6.02. The summed E-state index contributed by atoms with van der Waals surface area (Å²) in [7, 11) is 0. The van der Waals surface area contributed by atoms with Crippen molar-refractivity contribution in [3.63, 3.8) is 0 Å². The van der Waals surface area contributed by atoms with E-state index < -0.39 is 0 Å². The molecule has 1 fully saturated rings.